The number of halogens is 3. The number of carboxylic acid groups (broad SMARTS) is 1. The van der Waals surface area contributed by atoms with Gasteiger partial charge in [0.15, 0.2) is 5.78 Å². The average molecular weight is 1280 g/mol. The molecular formula is C56H76I3N3O7. The van der Waals surface area contributed by atoms with Crippen LogP contribution in [-0.4, -0.2) is 72.4 Å². The van der Waals surface area contributed by atoms with E-state index in [-0.39, 0.29) is 47.9 Å². The van der Waals surface area contributed by atoms with Gasteiger partial charge in [-0.3, -0.25) is 14.4 Å². The zero-order chi connectivity index (χ0) is 49.8. The van der Waals surface area contributed by atoms with E-state index < -0.39 is 11.6 Å². The zero-order valence-corrected chi connectivity index (χ0v) is 47.2. The Hall–Kier alpha value is -2.45. The number of alkyl halides is 3. The van der Waals surface area contributed by atoms with E-state index in [0.29, 0.717) is 81.7 Å². The molecule has 2 aromatic carbocycles. The van der Waals surface area contributed by atoms with Crippen molar-refractivity contribution in [3.05, 3.63) is 118 Å². The molecule has 0 saturated heterocycles. The van der Waals surface area contributed by atoms with Gasteiger partial charge >= 0.3 is 5.97 Å². The second-order valence-electron chi connectivity index (χ2n) is 21.1. The van der Waals surface area contributed by atoms with Crippen LogP contribution >= 0.6 is 67.8 Å². The minimum Gasteiger partial charge on any atom is -0.477 e. The van der Waals surface area contributed by atoms with Gasteiger partial charge in [-0.2, -0.15) is 0 Å². The summed E-state index contributed by atoms with van der Waals surface area (Å²) in [6.07, 6.45) is 11.2. The fraction of sp³-hybridized carbons (Fsp3) is 0.571. The van der Waals surface area contributed by atoms with Crippen LogP contribution in [0.2, 0.25) is 0 Å². The highest BCUT2D eigenvalue weighted by Gasteiger charge is 2.55. The lowest BCUT2D eigenvalue weighted by Crippen LogP contribution is -2.59. The normalized spacial score (nSPS) is 28.4. The Morgan fingerprint density at radius 3 is 1.33 bits per heavy atom. The Morgan fingerprint density at radius 2 is 0.986 bits per heavy atom. The number of carbonyl (C=O) groups is 4. The van der Waals surface area contributed by atoms with Crippen molar-refractivity contribution in [1.82, 2.24) is 9.13 Å². The van der Waals surface area contributed by atoms with Crippen LogP contribution in [0.15, 0.2) is 72.8 Å². The number of Topliss-reactive ketones (excluding diaryl/α,β-unsaturated/α-hetero) is 1. The van der Waals surface area contributed by atoms with Crippen LogP contribution in [0.4, 0.5) is 0 Å². The van der Waals surface area contributed by atoms with Crippen LogP contribution in [0.1, 0.15) is 182 Å². The molecule has 4 atom stereocenters. The van der Waals surface area contributed by atoms with Crippen LogP contribution in [-0.2, 0) is 14.1 Å². The molecule has 12 rings (SSSR count). The van der Waals surface area contributed by atoms with Gasteiger partial charge in [-0.1, -0.05) is 164 Å². The van der Waals surface area contributed by atoms with Crippen molar-refractivity contribution in [1.29, 1.82) is 0 Å². The Balaban J connectivity index is 0.000000200. The Morgan fingerprint density at radius 1 is 0.638 bits per heavy atom. The third kappa shape index (κ3) is 12.8. The number of aromatic nitrogens is 2. The average Bonchev–Trinajstić information content (AvgIpc) is 3.84. The van der Waals surface area contributed by atoms with Crippen LogP contribution in [0, 0.1) is 41.4 Å². The lowest BCUT2D eigenvalue weighted by Gasteiger charge is -2.58. The summed E-state index contributed by atoms with van der Waals surface area (Å²) in [5, 5.41) is 30.4. The fourth-order valence-corrected chi connectivity index (χ4v) is 13.4. The van der Waals surface area contributed by atoms with E-state index in [9.17, 15) is 34.5 Å². The highest BCUT2D eigenvalue weighted by molar-refractivity contribution is 14.2. The van der Waals surface area contributed by atoms with Crippen LogP contribution in [0.25, 0.3) is 0 Å². The summed E-state index contributed by atoms with van der Waals surface area (Å²) in [5.41, 5.74) is 10.0. The van der Waals surface area contributed by atoms with Crippen molar-refractivity contribution < 1.29 is 34.5 Å². The second-order valence-corrected chi connectivity index (χ2v) is 25.6. The maximum Gasteiger partial charge on any atom is 0.352 e. The molecule has 4 unspecified atom stereocenters. The third-order valence-electron chi connectivity index (χ3n) is 15.9. The minimum atomic E-state index is -1.01. The number of carboxylic acids is 1. The topological polar surface area (TPSA) is 165 Å². The molecule has 8 aliphatic rings. The molecule has 0 amide bonds. The molecule has 378 valence electrons. The molecule has 8 saturated carbocycles. The molecular weight excluding hydrogens is 1210 g/mol. The fourth-order valence-electron chi connectivity index (χ4n) is 13.4. The molecule has 5 N–H and O–H groups in total. The molecule has 0 aliphatic heterocycles. The number of nitrogens with two attached hydrogens (primary N) is 1. The number of aromatic carboxylic acids is 1. The molecule has 0 spiro atoms. The molecule has 8 aliphatic carbocycles. The molecule has 0 radical (unpaired) electrons. The monoisotopic (exact) mass is 1280 g/mol. The number of hydrogen-bond donors (Lipinski definition) is 4. The summed E-state index contributed by atoms with van der Waals surface area (Å²) in [6, 6.07) is 22.2. The number of carbonyl (C=O) groups excluding carboxylic acids is 3. The molecule has 2 heterocycles. The first-order valence-electron chi connectivity index (χ1n) is 24.3. The number of rotatable bonds is 10. The lowest BCUT2D eigenvalue weighted by atomic mass is 9.49. The first-order valence-corrected chi connectivity index (χ1v) is 29.5. The van der Waals surface area contributed by atoms with E-state index >= 15 is 0 Å². The van der Waals surface area contributed by atoms with Gasteiger partial charge in [0.05, 0.1) is 30.7 Å². The molecule has 8 bridgehead atoms. The molecule has 4 aromatic rings. The standard InChI is InChI=1S/C27H33NO3.C16H17NO3.C10H17NO.CH2I2.CH3I.CH4/c1-16(2)21-11-23(26(30)18-7-5-4-6-8-18)28(3)25(21)24(29)12-22-19-9-17-10-20(22)15-27(31,13-17)14-19;1-10(2)12-9-13(17(3)14(12)16(19)20)15(18)11-7-5-4-6-8-11;11-9-7-1-6-2-8(9)5-10(12,3-6)4-7;2-1-3;1-2;/h4-8,11,16-17,19-20,22,31H,9-10,12-15H2,1-3H3;4-10H,1-3H3,(H,19,20);6-9,12H,1-5,11H2;1H2;1H3;1H4. The minimum absolute atomic E-state index is 0. The molecule has 10 nitrogen and oxygen atoms in total. The maximum atomic E-state index is 13.6. The SMILES string of the molecule is C.CC(C)c1cc(C(=O)c2ccccc2)n(C)c1C(=O)CC1C2CC3CC1CC(O)(C3)C2.CC(C)c1cc(C(=O)c2ccccc2)n(C)c1C(=O)O.CI.ICI.NC1C2CC3CC1CC(O)(C3)C2. The summed E-state index contributed by atoms with van der Waals surface area (Å²) in [6.45, 7) is 8.00. The van der Waals surface area contributed by atoms with Crippen molar-refractivity contribution in [2.45, 2.75) is 135 Å². The number of hydrogen-bond acceptors (Lipinski definition) is 7. The first kappa shape index (κ1) is 57.5. The summed E-state index contributed by atoms with van der Waals surface area (Å²) in [7, 11) is 3.47. The number of nitrogens with zero attached hydrogens (tertiary/aromatic N) is 2. The van der Waals surface area contributed by atoms with Crippen LogP contribution < -0.4 is 5.73 Å². The largest absolute Gasteiger partial charge is 0.477 e. The van der Waals surface area contributed by atoms with E-state index in [1.54, 1.807) is 37.4 Å². The van der Waals surface area contributed by atoms with Gasteiger partial charge in [0, 0.05) is 37.7 Å². The quantitative estimate of drug-likeness (QED) is 0.0692. The van der Waals surface area contributed by atoms with E-state index in [1.165, 1.54) is 32.7 Å². The van der Waals surface area contributed by atoms with Crippen molar-refractivity contribution in [3.8, 4) is 0 Å². The van der Waals surface area contributed by atoms with E-state index in [0.717, 1.165) is 50.0 Å². The van der Waals surface area contributed by atoms with Crippen molar-refractivity contribution in [3.63, 3.8) is 0 Å². The van der Waals surface area contributed by atoms with Crippen molar-refractivity contribution >= 4 is 91.1 Å². The van der Waals surface area contributed by atoms with Gasteiger partial charge in [-0.15, -0.1) is 0 Å². The second kappa shape index (κ2) is 24.5. The van der Waals surface area contributed by atoms with Gasteiger partial charge in [-0.05, 0) is 146 Å². The Bertz CT molecular complexity index is 2360. The summed E-state index contributed by atoms with van der Waals surface area (Å²) < 4.78 is 4.49. The van der Waals surface area contributed by atoms with Gasteiger partial charge in [0.2, 0.25) is 11.6 Å². The zero-order valence-electron chi connectivity index (χ0n) is 40.8. The summed E-state index contributed by atoms with van der Waals surface area (Å²) in [5.74, 6) is 3.18. The van der Waals surface area contributed by atoms with Gasteiger partial charge in [0.1, 0.15) is 5.69 Å². The summed E-state index contributed by atoms with van der Waals surface area (Å²) in [4.78, 5) is 52.6. The number of benzene rings is 2. The molecule has 2 aromatic heterocycles. The van der Waals surface area contributed by atoms with Gasteiger partial charge in [-0.25, -0.2) is 4.79 Å². The molecule has 69 heavy (non-hydrogen) atoms. The molecule has 13 heteroatoms. The van der Waals surface area contributed by atoms with Crippen LogP contribution in [0.3, 0.4) is 0 Å². The van der Waals surface area contributed by atoms with E-state index in [2.05, 4.69) is 81.6 Å². The highest BCUT2D eigenvalue weighted by atomic mass is 127. The Kier molecular flexibility index (Phi) is 20.4. The maximum absolute atomic E-state index is 13.6. The predicted molar refractivity (Wildman–Crippen MR) is 303 cm³/mol. The summed E-state index contributed by atoms with van der Waals surface area (Å²) >= 11 is 6.70. The van der Waals surface area contributed by atoms with E-state index in [4.69, 9.17) is 5.73 Å². The van der Waals surface area contributed by atoms with Crippen molar-refractivity contribution in [2.75, 3.05) is 7.36 Å². The van der Waals surface area contributed by atoms with Crippen molar-refractivity contribution in [2.24, 2.45) is 61.3 Å². The van der Waals surface area contributed by atoms with Gasteiger partial charge < -0.3 is 30.2 Å². The highest BCUT2D eigenvalue weighted by Crippen LogP contribution is 2.59. The number of aliphatic hydroxyl groups is 2. The predicted octanol–water partition coefficient (Wildman–Crippen LogP) is 12.6. The third-order valence-corrected chi connectivity index (χ3v) is 15.9. The molecule has 8 fully saturated rings. The van der Waals surface area contributed by atoms with Gasteiger partial charge in [0.25, 0.3) is 0 Å². The number of ketones is 3. The van der Waals surface area contributed by atoms with E-state index in [1.807, 2.05) is 72.9 Å². The first-order chi connectivity index (χ1) is 32.3. The smallest absolute Gasteiger partial charge is 0.352 e. The Labute approximate surface area is 452 Å². The van der Waals surface area contributed by atoms with Crippen LogP contribution in [0.5, 0.6) is 0 Å². The lowest BCUT2D eigenvalue weighted by molar-refractivity contribution is -0.151.